The number of carbonyl (C=O) groups excluding carboxylic acids is 3. The highest BCUT2D eigenvalue weighted by molar-refractivity contribution is 6.30. The minimum atomic E-state index is -0.460. The third-order valence-electron chi connectivity index (χ3n) is 8.16. The van der Waals surface area contributed by atoms with Gasteiger partial charge in [0.05, 0.1) is 12.0 Å². The molecule has 5 rings (SSSR count). The first-order valence-corrected chi connectivity index (χ1v) is 14.7. The van der Waals surface area contributed by atoms with Crippen molar-refractivity contribution >= 4 is 29.3 Å². The summed E-state index contributed by atoms with van der Waals surface area (Å²) in [4.78, 5) is 44.0. The fraction of sp³-hybridized carbons (Fsp3) is 0.364. The van der Waals surface area contributed by atoms with Crippen molar-refractivity contribution in [3.63, 3.8) is 0 Å². The predicted molar refractivity (Wildman–Crippen MR) is 157 cm³/mol. The van der Waals surface area contributed by atoms with Crippen molar-refractivity contribution in [2.75, 3.05) is 13.1 Å². The lowest BCUT2D eigenvalue weighted by Crippen LogP contribution is -2.56. The maximum atomic E-state index is 13.8. The van der Waals surface area contributed by atoms with Crippen molar-refractivity contribution in [1.29, 1.82) is 0 Å². The highest BCUT2D eigenvalue weighted by Gasteiger charge is 2.37. The SMILES string of the molecule is O=C(NC1CCCC[C@H]1N(Cc1ccc(Cl)cc1)C(=O)c1ccccc1)C1CCCN(C(=O)c2cccc(F)c2)C1. The van der Waals surface area contributed by atoms with Crippen molar-refractivity contribution in [3.05, 3.63) is 106 Å². The molecule has 3 atom stereocenters. The molecule has 2 unspecified atom stereocenters. The van der Waals surface area contributed by atoms with E-state index in [1.807, 2.05) is 59.5 Å². The van der Waals surface area contributed by atoms with Crippen LogP contribution in [0, 0.1) is 11.7 Å². The summed E-state index contributed by atoms with van der Waals surface area (Å²) in [5.41, 5.74) is 1.86. The zero-order valence-corrected chi connectivity index (χ0v) is 23.7. The molecule has 41 heavy (non-hydrogen) atoms. The summed E-state index contributed by atoms with van der Waals surface area (Å²) in [5, 5.41) is 3.91. The molecule has 3 aromatic rings. The Morgan fingerprint density at radius 3 is 2.37 bits per heavy atom. The maximum Gasteiger partial charge on any atom is 0.254 e. The summed E-state index contributed by atoms with van der Waals surface area (Å²) in [6, 6.07) is 22.0. The molecule has 2 fully saturated rings. The van der Waals surface area contributed by atoms with Gasteiger partial charge < -0.3 is 15.1 Å². The van der Waals surface area contributed by atoms with Gasteiger partial charge in [-0.15, -0.1) is 0 Å². The Morgan fingerprint density at radius 1 is 0.878 bits per heavy atom. The molecule has 1 saturated heterocycles. The van der Waals surface area contributed by atoms with E-state index < -0.39 is 5.82 Å². The first-order chi connectivity index (χ1) is 19.9. The molecule has 0 aromatic heterocycles. The van der Waals surface area contributed by atoms with E-state index in [0.717, 1.165) is 31.2 Å². The minimum Gasteiger partial charge on any atom is -0.351 e. The Morgan fingerprint density at radius 2 is 1.61 bits per heavy atom. The van der Waals surface area contributed by atoms with Crippen LogP contribution in [-0.4, -0.2) is 52.7 Å². The number of benzene rings is 3. The van der Waals surface area contributed by atoms with Gasteiger partial charge in [0.25, 0.3) is 11.8 Å². The molecular formula is C33H35ClFN3O3. The molecule has 8 heteroatoms. The molecule has 214 valence electrons. The van der Waals surface area contributed by atoms with Crippen LogP contribution in [0.3, 0.4) is 0 Å². The van der Waals surface area contributed by atoms with Gasteiger partial charge >= 0.3 is 0 Å². The normalized spacial score (nSPS) is 20.7. The fourth-order valence-corrected chi connectivity index (χ4v) is 6.13. The summed E-state index contributed by atoms with van der Waals surface area (Å²) >= 11 is 6.11. The number of carbonyl (C=O) groups is 3. The number of likely N-dealkylation sites (tertiary alicyclic amines) is 1. The van der Waals surface area contributed by atoms with Crippen LogP contribution < -0.4 is 5.32 Å². The van der Waals surface area contributed by atoms with E-state index in [2.05, 4.69) is 5.32 Å². The number of rotatable bonds is 7. The monoisotopic (exact) mass is 575 g/mol. The smallest absolute Gasteiger partial charge is 0.254 e. The lowest BCUT2D eigenvalue weighted by Gasteiger charge is -2.41. The molecule has 1 N–H and O–H groups in total. The van der Waals surface area contributed by atoms with Gasteiger partial charge in [-0.05, 0) is 73.7 Å². The Bertz CT molecular complexity index is 1370. The van der Waals surface area contributed by atoms with Crippen LogP contribution in [0.25, 0.3) is 0 Å². The summed E-state index contributed by atoms with van der Waals surface area (Å²) in [6.45, 7) is 1.23. The standard InChI is InChI=1S/C33H35ClFN3O3/c34-27-17-15-23(16-18-27)21-38(33(41)24-8-2-1-3-9-24)30-14-5-4-13-29(30)36-31(39)26-11-7-19-37(22-26)32(40)25-10-6-12-28(35)20-25/h1-3,6,8-10,12,15-18,20,26,29-30H,4-5,7,11,13-14,19,21-22H2,(H,36,39)/t26?,29?,30-/m1/s1. The molecule has 0 bridgehead atoms. The largest absolute Gasteiger partial charge is 0.351 e. The van der Waals surface area contributed by atoms with Crippen LogP contribution in [0.5, 0.6) is 0 Å². The van der Waals surface area contributed by atoms with E-state index in [1.165, 1.54) is 18.2 Å². The summed E-state index contributed by atoms with van der Waals surface area (Å²) < 4.78 is 13.7. The van der Waals surface area contributed by atoms with Crippen LogP contribution in [-0.2, 0) is 11.3 Å². The van der Waals surface area contributed by atoms with E-state index in [1.54, 1.807) is 11.0 Å². The zero-order chi connectivity index (χ0) is 28.8. The molecular weight excluding hydrogens is 541 g/mol. The Labute approximate surface area is 245 Å². The minimum absolute atomic E-state index is 0.0729. The van der Waals surface area contributed by atoms with Crippen molar-refractivity contribution in [3.8, 4) is 0 Å². The van der Waals surface area contributed by atoms with Crippen LogP contribution in [0.4, 0.5) is 4.39 Å². The third-order valence-corrected chi connectivity index (χ3v) is 8.41. The van der Waals surface area contributed by atoms with E-state index in [0.29, 0.717) is 36.5 Å². The second kappa shape index (κ2) is 13.3. The number of hydrogen-bond donors (Lipinski definition) is 1. The Balaban J connectivity index is 1.32. The lowest BCUT2D eigenvalue weighted by molar-refractivity contribution is -0.127. The van der Waals surface area contributed by atoms with Gasteiger partial charge in [-0.2, -0.15) is 0 Å². The first-order valence-electron chi connectivity index (χ1n) is 14.3. The van der Waals surface area contributed by atoms with E-state index in [9.17, 15) is 18.8 Å². The summed E-state index contributed by atoms with van der Waals surface area (Å²) in [6.07, 6.45) is 4.86. The Hall–Kier alpha value is -3.71. The van der Waals surface area contributed by atoms with Gasteiger partial charge in [0.2, 0.25) is 5.91 Å². The first kappa shape index (κ1) is 28.8. The third kappa shape index (κ3) is 7.14. The van der Waals surface area contributed by atoms with E-state index in [4.69, 9.17) is 11.6 Å². The molecule has 1 heterocycles. The fourth-order valence-electron chi connectivity index (χ4n) is 6.01. The second-order valence-electron chi connectivity index (χ2n) is 11.0. The van der Waals surface area contributed by atoms with Gasteiger partial charge in [-0.3, -0.25) is 14.4 Å². The average molecular weight is 576 g/mol. The molecule has 1 aliphatic heterocycles. The summed E-state index contributed by atoms with van der Waals surface area (Å²) in [5.74, 6) is -1.26. The molecule has 1 saturated carbocycles. The number of halogens is 2. The number of nitrogens with zero attached hydrogens (tertiary/aromatic N) is 2. The lowest BCUT2D eigenvalue weighted by atomic mass is 9.87. The van der Waals surface area contributed by atoms with Gasteiger partial charge in [-0.25, -0.2) is 4.39 Å². The average Bonchev–Trinajstić information content (AvgIpc) is 3.01. The number of amides is 3. The number of nitrogens with one attached hydrogen (secondary N) is 1. The van der Waals surface area contributed by atoms with Gasteiger partial charge in [0.1, 0.15) is 5.82 Å². The van der Waals surface area contributed by atoms with Gasteiger partial charge in [-0.1, -0.05) is 60.8 Å². The topological polar surface area (TPSA) is 69.7 Å². The van der Waals surface area contributed by atoms with Crippen molar-refractivity contribution in [1.82, 2.24) is 15.1 Å². The quantitative estimate of drug-likeness (QED) is 0.370. The zero-order valence-electron chi connectivity index (χ0n) is 23.0. The van der Waals surface area contributed by atoms with Crippen molar-refractivity contribution in [2.24, 2.45) is 5.92 Å². The number of hydrogen-bond acceptors (Lipinski definition) is 3. The van der Waals surface area contributed by atoms with Crippen molar-refractivity contribution in [2.45, 2.75) is 57.2 Å². The van der Waals surface area contributed by atoms with E-state index in [-0.39, 0.29) is 47.8 Å². The maximum absolute atomic E-state index is 13.8. The van der Waals surface area contributed by atoms with E-state index >= 15 is 0 Å². The van der Waals surface area contributed by atoms with Crippen LogP contribution in [0.1, 0.15) is 64.8 Å². The molecule has 6 nitrogen and oxygen atoms in total. The van der Waals surface area contributed by atoms with Gasteiger partial charge in [0.15, 0.2) is 0 Å². The molecule has 3 amide bonds. The van der Waals surface area contributed by atoms with Crippen LogP contribution >= 0.6 is 11.6 Å². The second-order valence-corrected chi connectivity index (χ2v) is 11.4. The molecule has 1 aliphatic carbocycles. The highest BCUT2D eigenvalue weighted by atomic mass is 35.5. The molecule has 0 radical (unpaired) electrons. The molecule has 0 spiro atoms. The number of piperidine rings is 1. The highest BCUT2D eigenvalue weighted by Crippen LogP contribution is 2.28. The van der Waals surface area contributed by atoms with Crippen LogP contribution in [0.2, 0.25) is 5.02 Å². The summed E-state index contributed by atoms with van der Waals surface area (Å²) in [7, 11) is 0. The Kier molecular flexibility index (Phi) is 9.35. The van der Waals surface area contributed by atoms with Crippen LogP contribution in [0.15, 0.2) is 78.9 Å². The van der Waals surface area contributed by atoms with Gasteiger partial charge in [0, 0.05) is 41.8 Å². The molecule has 3 aromatic carbocycles. The molecule has 2 aliphatic rings. The predicted octanol–water partition coefficient (Wildman–Crippen LogP) is 6.10. The van der Waals surface area contributed by atoms with Crippen molar-refractivity contribution < 1.29 is 18.8 Å².